The van der Waals surface area contributed by atoms with Crippen LogP contribution in [0.2, 0.25) is 0 Å². The van der Waals surface area contributed by atoms with Crippen LogP contribution in [0.3, 0.4) is 0 Å². The predicted molar refractivity (Wildman–Crippen MR) is 159 cm³/mol. The van der Waals surface area contributed by atoms with Gasteiger partial charge >= 0.3 is 6.18 Å². The van der Waals surface area contributed by atoms with E-state index in [0.717, 1.165) is 31.5 Å². The minimum atomic E-state index is -4.37. The molecule has 1 saturated carbocycles. The highest BCUT2D eigenvalue weighted by molar-refractivity contribution is 6.05. The molecule has 3 aromatic rings. The predicted octanol–water partition coefficient (Wildman–Crippen LogP) is 6.23. The number of ether oxygens (including phenoxy) is 1. The number of anilines is 1. The molecular weight excluding hydrogens is 545 g/mol. The highest BCUT2D eigenvalue weighted by Gasteiger charge is 2.58. The maximum absolute atomic E-state index is 13.0. The molecule has 1 aromatic heterocycles. The zero-order valence-electron chi connectivity index (χ0n) is 23.5. The summed E-state index contributed by atoms with van der Waals surface area (Å²) in [4.78, 5) is 25.9. The molecule has 2 heterocycles. The third kappa shape index (κ3) is 6.46. The third-order valence-corrected chi connectivity index (χ3v) is 7.54. The van der Waals surface area contributed by atoms with Gasteiger partial charge in [0.05, 0.1) is 23.4 Å². The van der Waals surface area contributed by atoms with Crippen molar-refractivity contribution >= 4 is 40.7 Å². The lowest BCUT2D eigenvalue weighted by Gasteiger charge is -2.21. The molecule has 42 heavy (non-hydrogen) atoms. The average Bonchev–Trinajstić information content (AvgIpc) is 3.80. The van der Waals surface area contributed by atoms with Gasteiger partial charge < -0.3 is 20.7 Å². The zero-order chi connectivity index (χ0) is 29.9. The molecule has 3 N–H and O–H groups in total. The van der Waals surface area contributed by atoms with Crippen LogP contribution in [0.4, 0.5) is 18.9 Å². The lowest BCUT2D eigenvalue weighted by atomic mass is 10.0. The fraction of sp³-hybridized carbons (Fsp3) is 0.355. The van der Waals surface area contributed by atoms with E-state index < -0.39 is 23.9 Å². The van der Waals surface area contributed by atoms with Crippen LogP contribution in [0.15, 0.2) is 64.7 Å². The largest absolute Gasteiger partial charge is 0.437 e. The van der Waals surface area contributed by atoms with E-state index in [-0.39, 0.29) is 12.5 Å². The summed E-state index contributed by atoms with van der Waals surface area (Å²) in [6.45, 7) is 9.20. The molecule has 2 fully saturated rings. The Morgan fingerprint density at radius 1 is 1.19 bits per heavy atom. The van der Waals surface area contributed by atoms with Crippen LogP contribution in [0.1, 0.15) is 37.3 Å². The number of aliphatic imine (C=N–C) groups is 2. The number of carbonyl (C=O) groups excluding carboxylic acids is 1. The van der Waals surface area contributed by atoms with Gasteiger partial charge in [-0.1, -0.05) is 30.3 Å². The van der Waals surface area contributed by atoms with Crippen LogP contribution >= 0.6 is 0 Å². The minimum absolute atomic E-state index is 0.0988. The summed E-state index contributed by atoms with van der Waals surface area (Å²) in [5.74, 6) is -2.05. The summed E-state index contributed by atoms with van der Waals surface area (Å²) in [5.41, 5.74) is 2.59. The molecule has 0 bridgehead atoms. The molecule has 1 aliphatic carbocycles. The number of benzene rings is 2. The zero-order valence-corrected chi connectivity index (χ0v) is 23.5. The van der Waals surface area contributed by atoms with E-state index >= 15 is 0 Å². The Bertz CT molecular complexity index is 1550. The molecular formula is C31H33F3N6O2. The van der Waals surface area contributed by atoms with E-state index in [1.54, 1.807) is 24.4 Å². The number of aromatic nitrogens is 1. The SMILES string of the molecule is C=NC(=N[C@H]1CCCNC1)N/C(=C\C)c1cccnc1Oc1c(C)ccc2c(NC(=O)C3CC3C(F)(F)F)cccc12. The Morgan fingerprint density at radius 2 is 2.02 bits per heavy atom. The van der Waals surface area contributed by atoms with E-state index in [1.165, 1.54) is 0 Å². The first-order valence-corrected chi connectivity index (χ1v) is 13.9. The summed E-state index contributed by atoms with van der Waals surface area (Å²) in [6.07, 6.45) is 0.940. The van der Waals surface area contributed by atoms with Gasteiger partial charge in [-0.2, -0.15) is 13.2 Å². The van der Waals surface area contributed by atoms with Crippen LogP contribution in [0.25, 0.3) is 16.5 Å². The summed E-state index contributed by atoms with van der Waals surface area (Å²) < 4.78 is 45.5. The second-order valence-corrected chi connectivity index (χ2v) is 10.5. The molecule has 0 spiro atoms. The minimum Gasteiger partial charge on any atom is -0.437 e. The Balaban J connectivity index is 1.42. The first-order chi connectivity index (χ1) is 20.2. The van der Waals surface area contributed by atoms with Crippen LogP contribution in [0.5, 0.6) is 11.6 Å². The van der Waals surface area contributed by atoms with Crippen LogP contribution in [-0.4, -0.2) is 48.9 Å². The second kappa shape index (κ2) is 12.3. The number of rotatable bonds is 7. The van der Waals surface area contributed by atoms with Crippen molar-refractivity contribution < 1.29 is 22.7 Å². The van der Waals surface area contributed by atoms with Gasteiger partial charge in [-0.25, -0.2) is 15.0 Å². The standard InChI is InChI=1S/C31H33F3N6O2/c1-4-25(40-30(35-3)38-19-8-6-14-36-17-19)22-10-7-15-37-29(22)42-27-18(2)12-13-20-21(27)9-5-11-26(20)39-28(41)23-16-24(23)31(32,33)34/h4-5,7,9-13,15,19,23-24,36H,3,6,8,14,16-17H2,1-2H3,(H,38,40)(H,39,41)/b25-4-/t19-,23?,24?/m0/s1. The quantitative estimate of drug-likeness (QED) is 0.228. The smallest absolute Gasteiger partial charge is 0.392 e. The Kier molecular flexibility index (Phi) is 8.58. The van der Waals surface area contributed by atoms with Gasteiger partial charge in [0.1, 0.15) is 5.75 Å². The lowest BCUT2D eigenvalue weighted by molar-refractivity contribution is -0.153. The van der Waals surface area contributed by atoms with Gasteiger partial charge in [0.2, 0.25) is 17.7 Å². The Labute approximate surface area is 242 Å². The molecule has 11 heteroatoms. The molecule has 3 atom stereocenters. The average molecular weight is 579 g/mol. The number of nitrogens with one attached hydrogen (secondary N) is 3. The number of carbonyl (C=O) groups is 1. The summed E-state index contributed by atoms with van der Waals surface area (Å²) in [6, 6.07) is 12.7. The van der Waals surface area contributed by atoms with E-state index in [1.807, 2.05) is 44.2 Å². The number of guanidine groups is 1. The maximum Gasteiger partial charge on any atom is 0.392 e. The maximum atomic E-state index is 13.0. The Morgan fingerprint density at radius 3 is 2.71 bits per heavy atom. The number of hydrogen-bond acceptors (Lipinski definition) is 5. The monoisotopic (exact) mass is 578 g/mol. The number of allylic oxidation sites excluding steroid dienone is 1. The number of nitrogens with zero attached hydrogens (tertiary/aromatic N) is 3. The number of amides is 1. The van der Waals surface area contributed by atoms with Gasteiger partial charge in [-0.15, -0.1) is 0 Å². The first kappa shape index (κ1) is 29.2. The number of piperidine rings is 1. The summed E-state index contributed by atoms with van der Waals surface area (Å²) in [7, 11) is 0. The van der Waals surface area contributed by atoms with Crippen LogP contribution in [-0.2, 0) is 4.79 Å². The van der Waals surface area contributed by atoms with E-state index in [0.29, 0.717) is 45.3 Å². The molecule has 2 aliphatic rings. The van der Waals surface area contributed by atoms with Gasteiger partial charge in [-0.3, -0.25) is 4.79 Å². The number of pyridine rings is 1. The number of aryl methyl sites for hydroxylation is 1. The molecule has 8 nitrogen and oxygen atoms in total. The van der Waals surface area contributed by atoms with Crippen LogP contribution < -0.4 is 20.7 Å². The highest BCUT2D eigenvalue weighted by atomic mass is 19.4. The fourth-order valence-corrected chi connectivity index (χ4v) is 5.17. The molecule has 1 aliphatic heterocycles. The molecule has 2 unspecified atom stereocenters. The van der Waals surface area contributed by atoms with Crippen molar-refractivity contribution in [2.24, 2.45) is 21.8 Å². The molecule has 1 amide bonds. The van der Waals surface area contributed by atoms with Crippen molar-refractivity contribution in [3.8, 4) is 11.6 Å². The van der Waals surface area contributed by atoms with E-state index in [4.69, 9.17) is 9.73 Å². The van der Waals surface area contributed by atoms with Crippen molar-refractivity contribution in [1.82, 2.24) is 15.6 Å². The highest BCUT2D eigenvalue weighted by Crippen LogP contribution is 2.50. The number of fused-ring (bicyclic) bond motifs is 1. The first-order valence-electron chi connectivity index (χ1n) is 13.9. The molecule has 5 rings (SSSR count). The fourth-order valence-electron chi connectivity index (χ4n) is 5.17. The van der Waals surface area contributed by atoms with Crippen molar-refractivity contribution in [2.75, 3.05) is 18.4 Å². The van der Waals surface area contributed by atoms with Crippen molar-refractivity contribution in [1.29, 1.82) is 0 Å². The van der Waals surface area contributed by atoms with Gasteiger partial charge in [0.15, 0.2) is 0 Å². The van der Waals surface area contributed by atoms with Crippen molar-refractivity contribution in [3.63, 3.8) is 0 Å². The van der Waals surface area contributed by atoms with Gasteiger partial charge in [0.25, 0.3) is 0 Å². The number of alkyl halides is 3. The Hall–Kier alpha value is -4.25. The number of halogens is 3. The van der Waals surface area contributed by atoms with E-state index in [9.17, 15) is 18.0 Å². The normalized spacial score (nSPS) is 21.1. The van der Waals surface area contributed by atoms with Crippen molar-refractivity contribution in [2.45, 2.75) is 45.3 Å². The van der Waals surface area contributed by atoms with Gasteiger partial charge in [-0.05, 0) is 70.1 Å². The van der Waals surface area contributed by atoms with E-state index in [2.05, 4.69) is 32.6 Å². The second-order valence-electron chi connectivity index (χ2n) is 10.5. The topological polar surface area (TPSA) is 100 Å². The third-order valence-electron chi connectivity index (χ3n) is 7.54. The molecule has 220 valence electrons. The molecule has 2 aromatic carbocycles. The van der Waals surface area contributed by atoms with Crippen LogP contribution in [0, 0.1) is 18.8 Å². The number of hydrogen-bond donors (Lipinski definition) is 3. The lowest BCUT2D eigenvalue weighted by Crippen LogP contribution is -2.34. The van der Waals surface area contributed by atoms with Crippen molar-refractivity contribution in [3.05, 3.63) is 65.9 Å². The van der Waals surface area contributed by atoms with Gasteiger partial charge in [0, 0.05) is 34.9 Å². The molecule has 0 radical (unpaired) electrons. The molecule has 1 saturated heterocycles. The summed E-state index contributed by atoms with van der Waals surface area (Å²) >= 11 is 0. The summed E-state index contributed by atoms with van der Waals surface area (Å²) in [5, 5.41) is 10.6.